The molecule has 1 aromatic carbocycles. The highest BCUT2D eigenvalue weighted by Gasteiger charge is 2.35. The van der Waals surface area contributed by atoms with Crippen LogP contribution in [0.1, 0.15) is 5.56 Å². The van der Waals surface area contributed by atoms with Crippen molar-refractivity contribution in [3.63, 3.8) is 0 Å². The number of benzene rings is 1. The minimum Gasteiger partial charge on any atom is -0.481 e. The summed E-state index contributed by atoms with van der Waals surface area (Å²) >= 11 is 0.908. The summed E-state index contributed by atoms with van der Waals surface area (Å²) in [6, 6.07) is 5.81. The van der Waals surface area contributed by atoms with Crippen LogP contribution in [0.25, 0.3) is 11.3 Å². The summed E-state index contributed by atoms with van der Waals surface area (Å²) < 4.78 is 72.9. The SMILES string of the molecule is COc1ncccc1-c1cc(SNc2cc(F)c(C(F)(F)F)cc2F)c[nH]1. The predicted molar refractivity (Wildman–Crippen MR) is 91.4 cm³/mol. The van der Waals surface area contributed by atoms with Crippen LogP contribution in [0.2, 0.25) is 0 Å². The van der Waals surface area contributed by atoms with Crippen molar-refractivity contribution in [1.29, 1.82) is 0 Å². The van der Waals surface area contributed by atoms with Crippen molar-refractivity contribution in [2.24, 2.45) is 0 Å². The van der Waals surface area contributed by atoms with Crippen molar-refractivity contribution in [3.8, 4) is 17.1 Å². The fraction of sp³-hybridized carbons (Fsp3) is 0.118. The van der Waals surface area contributed by atoms with Gasteiger partial charge in [-0.25, -0.2) is 13.8 Å². The van der Waals surface area contributed by atoms with Crippen LogP contribution in [0.5, 0.6) is 5.88 Å². The van der Waals surface area contributed by atoms with Gasteiger partial charge in [0, 0.05) is 23.4 Å². The van der Waals surface area contributed by atoms with E-state index in [1.807, 2.05) is 0 Å². The number of aromatic nitrogens is 2. The number of hydrogen-bond donors (Lipinski definition) is 2. The lowest BCUT2D eigenvalue weighted by Gasteiger charge is -2.11. The molecule has 2 heterocycles. The zero-order valence-corrected chi connectivity index (χ0v) is 14.5. The molecular weight excluding hydrogens is 389 g/mol. The molecule has 2 N–H and O–H groups in total. The Balaban J connectivity index is 1.77. The van der Waals surface area contributed by atoms with Crippen molar-refractivity contribution in [3.05, 3.63) is 59.9 Å². The molecule has 0 amide bonds. The molecule has 10 heteroatoms. The smallest absolute Gasteiger partial charge is 0.419 e. The molecule has 0 aliphatic rings. The molecule has 0 fully saturated rings. The summed E-state index contributed by atoms with van der Waals surface area (Å²) in [6.45, 7) is 0. The third kappa shape index (κ3) is 4.16. The fourth-order valence-corrected chi connectivity index (χ4v) is 2.98. The molecule has 3 aromatic rings. The molecular formula is C17H12F5N3OS. The van der Waals surface area contributed by atoms with E-state index >= 15 is 0 Å². The standard InChI is InChI=1S/C17H12F5N3OS/c1-26-16-10(3-2-4-23-16)14-5-9(8-24-14)27-25-15-7-12(18)11(6-13(15)19)17(20,21)22/h2-8,24-25H,1H3. The third-order valence-corrected chi connectivity index (χ3v) is 4.35. The van der Waals surface area contributed by atoms with Crippen molar-refractivity contribution >= 4 is 17.6 Å². The van der Waals surface area contributed by atoms with E-state index in [2.05, 4.69) is 14.7 Å². The molecule has 27 heavy (non-hydrogen) atoms. The molecule has 0 saturated heterocycles. The van der Waals surface area contributed by atoms with E-state index in [9.17, 15) is 22.0 Å². The van der Waals surface area contributed by atoms with Crippen LogP contribution < -0.4 is 9.46 Å². The minimum atomic E-state index is -4.96. The maximum absolute atomic E-state index is 13.9. The van der Waals surface area contributed by atoms with Crippen LogP contribution in [0.3, 0.4) is 0 Å². The number of anilines is 1. The Morgan fingerprint density at radius 2 is 1.93 bits per heavy atom. The number of aromatic amines is 1. The van der Waals surface area contributed by atoms with Gasteiger partial charge in [0.1, 0.15) is 11.6 Å². The van der Waals surface area contributed by atoms with Crippen LogP contribution in [-0.4, -0.2) is 17.1 Å². The van der Waals surface area contributed by atoms with Gasteiger partial charge >= 0.3 is 6.18 Å². The summed E-state index contributed by atoms with van der Waals surface area (Å²) in [7, 11) is 1.48. The quantitative estimate of drug-likeness (QED) is 0.438. The van der Waals surface area contributed by atoms with Gasteiger partial charge in [0.2, 0.25) is 5.88 Å². The van der Waals surface area contributed by atoms with Gasteiger partial charge in [-0.3, -0.25) is 0 Å². The van der Waals surface area contributed by atoms with Crippen LogP contribution in [0.15, 0.2) is 47.6 Å². The van der Waals surface area contributed by atoms with Gasteiger partial charge in [-0.05, 0) is 36.2 Å². The van der Waals surface area contributed by atoms with Gasteiger partial charge in [0.25, 0.3) is 0 Å². The van der Waals surface area contributed by atoms with Gasteiger partial charge < -0.3 is 14.4 Å². The van der Waals surface area contributed by atoms with Gasteiger partial charge in [-0.2, -0.15) is 13.2 Å². The molecule has 3 rings (SSSR count). The van der Waals surface area contributed by atoms with Crippen molar-refractivity contribution in [2.75, 3.05) is 11.8 Å². The second-order valence-electron chi connectivity index (χ2n) is 5.32. The Morgan fingerprint density at radius 3 is 2.63 bits per heavy atom. The Hall–Kier alpha value is -2.75. The summed E-state index contributed by atoms with van der Waals surface area (Å²) in [5.41, 5.74) is -0.683. The van der Waals surface area contributed by atoms with E-state index in [0.717, 1.165) is 11.9 Å². The lowest BCUT2D eigenvalue weighted by molar-refractivity contribution is -0.140. The topological polar surface area (TPSA) is 49.9 Å². The van der Waals surface area contributed by atoms with Crippen molar-refractivity contribution in [1.82, 2.24) is 9.97 Å². The molecule has 0 radical (unpaired) electrons. The molecule has 142 valence electrons. The Labute approximate surface area is 154 Å². The number of ether oxygens (including phenoxy) is 1. The van der Waals surface area contributed by atoms with Crippen molar-refractivity contribution < 1.29 is 26.7 Å². The molecule has 4 nitrogen and oxygen atoms in total. The number of hydrogen-bond acceptors (Lipinski definition) is 4. The van der Waals surface area contributed by atoms with Crippen LogP contribution in [-0.2, 0) is 6.18 Å². The monoisotopic (exact) mass is 401 g/mol. The number of methoxy groups -OCH3 is 1. The molecule has 2 aromatic heterocycles. The Bertz CT molecular complexity index is 958. The highest BCUT2D eigenvalue weighted by atomic mass is 32.2. The number of halogens is 5. The number of nitrogens with one attached hydrogen (secondary N) is 2. The second kappa shape index (κ2) is 7.47. The van der Waals surface area contributed by atoms with E-state index in [1.54, 1.807) is 30.6 Å². The number of nitrogens with zero attached hydrogens (tertiary/aromatic N) is 1. The minimum absolute atomic E-state index is 0.126. The first-order valence-corrected chi connectivity index (χ1v) is 8.28. The average molecular weight is 401 g/mol. The lowest BCUT2D eigenvalue weighted by atomic mass is 10.2. The summed E-state index contributed by atoms with van der Waals surface area (Å²) in [5, 5.41) is 0. The Kier molecular flexibility index (Phi) is 5.26. The van der Waals surface area contributed by atoms with Crippen LogP contribution in [0.4, 0.5) is 27.6 Å². The fourth-order valence-electron chi connectivity index (χ4n) is 2.30. The second-order valence-corrected chi connectivity index (χ2v) is 6.20. The van der Waals surface area contributed by atoms with Gasteiger partial charge in [0.15, 0.2) is 0 Å². The first-order valence-electron chi connectivity index (χ1n) is 7.46. The van der Waals surface area contributed by atoms with E-state index < -0.39 is 29.1 Å². The average Bonchev–Trinajstić information content (AvgIpc) is 3.10. The predicted octanol–water partition coefficient (Wildman–Crippen LogP) is 5.50. The summed E-state index contributed by atoms with van der Waals surface area (Å²) in [5.74, 6) is -2.36. The Morgan fingerprint density at radius 1 is 1.15 bits per heavy atom. The number of rotatable bonds is 5. The first-order chi connectivity index (χ1) is 12.8. The largest absolute Gasteiger partial charge is 0.481 e. The maximum atomic E-state index is 13.9. The highest BCUT2D eigenvalue weighted by Crippen LogP contribution is 2.35. The van der Waals surface area contributed by atoms with E-state index in [-0.39, 0.29) is 6.07 Å². The molecule has 0 unspecified atom stereocenters. The number of H-pyrrole nitrogens is 1. The van der Waals surface area contributed by atoms with E-state index in [4.69, 9.17) is 4.74 Å². The van der Waals surface area contributed by atoms with Crippen LogP contribution in [0, 0.1) is 11.6 Å². The summed E-state index contributed by atoms with van der Waals surface area (Å²) in [4.78, 5) is 7.66. The zero-order chi connectivity index (χ0) is 19.6. The lowest BCUT2D eigenvalue weighted by Crippen LogP contribution is -2.09. The van der Waals surface area contributed by atoms with Gasteiger partial charge in [-0.15, -0.1) is 0 Å². The van der Waals surface area contributed by atoms with Crippen LogP contribution >= 0.6 is 11.9 Å². The molecule has 0 saturated carbocycles. The first kappa shape index (κ1) is 19.0. The van der Waals surface area contributed by atoms with Gasteiger partial charge in [-0.1, -0.05) is 0 Å². The molecule has 0 aliphatic carbocycles. The summed E-state index contributed by atoms with van der Waals surface area (Å²) in [6.07, 6.45) is -1.79. The molecule has 0 spiro atoms. The molecule has 0 aliphatic heterocycles. The maximum Gasteiger partial charge on any atom is 0.419 e. The third-order valence-electron chi connectivity index (χ3n) is 3.55. The zero-order valence-electron chi connectivity index (χ0n) is 13.7. The van der Waals surface area contributed by atoms with E-state index in [0.29, 0.717) is 28.1 Å². The molecule has 0 bridgehead atoms. The highest BCUT2D eigenvalue weighted by molar-refractivity contribution is 8.00. The normalized spacial score (nSPS) is 11.5. The van der Waals surface area contributed by atoms with E-state index in [1.165, 1.54) is 7.11 Å². The number of pyridine rings is 1. The van der Waals surface area contributed by atoms with Crippen molar-refractivity contribution in [2.45, 2.75) is 11.1 Å². The van der Waals surface area contributed by atoms with Gasteiger partial charge in [0.05, 0.1) is 29.6 Å². The number of alkyl halides is 3. The molecule has 0 atom stereocenters.